The van der Waals surface area contributed by atoms with Gasteiger partial charge in [-0.15, -0.1) is 0 Å². The number of hydrogen-bond donors (Lipinski definition) is 0. The smallest absolute Gasteiger partial charge is 0.318 e. The lowest BCUT2D eigenvalue weighted by molar-refractivity contribution is -0.128. The van der Waals surface area contributed by atoms with Crippen LogP contribution in [-0.4, -0.2) is 90.2 Å². The molecule has 0 unspecified atom stereocenters. The van der Waals surface area contributed by atoms with Gasteiger partial charge < -0.3 is 24.3 Å². The number of hydrogen-bond acceptors (Lipinski definition) is 7. The van der Waals surface area contributed by atoms with E-state index in [9.17, 15) is 4.79 Å². The highest BCUT2D eigenvalue weighted by Crippen LogP contribution is 2.38. The Balaban J connectivity index is 1.32. The third kappa shape index (κ3) is 6.58. The number of carbonyl (C=O) groups excluding carboxylic acids is 1. The fraction of sp³-hybridized carbons (Fsp3) is 0.486. The van der Waals surface area contributed by atoms with Gasteiger partial charge in [-0.3, -0.25) is 9.69 Å². The first-order valence-corrected chi connectivity index (χ1v) is 16.3. The molecule has 45 heavy (non-hydrogen) atoms. The van der Waals surface area contributed by atoms with E-state index in [1.165, 1.54) is 18.9 Å². The van der Waals surface area contributed by atoms with Crippen molar-refractivity contribution in [2.45, 2.75) is 57.8 Å². The standard InChI is InChI=1S/C35H42ClN7O2/c1-6-32(44)43-18-17-42(21-27(43)19-37-4)34-28-15-16-41(31-12-8-10-26-9-7-11-29(36)33(26)31)22-30(28)38-35(39-34)45-23(2)20-40(5)24(3)25-13-14-25/h6-12,23-25,27H,1,13-22H2,2-3,5H3/t23-,24+,27-/m0/s1. The number of aromatic nitrogens is 2. The molecule has 1 saturated carbocycles. The molecule has 3 aromatic rings. The van der Waals surface area contributed by atoms with Gasteiger partial charge in [0.15, 0.2) is 0 Å². The molecule has 3 atom stereocenters. The molecular weight excluding hydrogens is 586 g/mol. The molecule has 3 aliphatic rings. The molecule has 1 saturated heterocycles. The molecule has 0 radical (unpaired) electrons. The zero-order chi connectivity index (χ0) is 31.7. The van der Waals surface area contributed by atoms with E-state index in [1.807, 2.05) is 12.1 Å². The minimum atomic E-state index is -0.244. The number of carbonyl (C=O) groups is 1. The van der Waals surface area contributed by atoms with Crippen LogP contribution in [0.1, 0.15) is 37.9 Å². The average Bonchev–Trinajstić information content (AvgIpc) is 3.89. The Morgan fingerprint density at radius 1 is 1.18 bits per heavy atom. The number of benzene rings is 2. The Hall–Kier alpha value is -3.87. The lowest BCUT2D eigenvalue weighted by Gasteiger charge is -2.41. The molecule has 0 bridgehead atoms. The monoisotopic (exact) mass is 627 g/mol. The fourth-order valence-electron chi connectivity index (χ4n) is 6.89. The topological polar surface area (TPSA) is 69.4 Å². The minimum absolute atomic E-state index is 0.101. The number of halogens is 1. The van der Waals surface area contributed by atoms with Crippen LogP contribution in [0.25, 0.3) is 15.6 Å². The first-order valence-electron chi connectivity index (χ1n) is 16.0. The largest absolute Gasteiger partial charge is 0.459 e. The Kier molecular flexibility index (Phi) is 9.16. The van der Waals surface area contributed by atoms with E-state index in [1.54, 1.807) is 4.90 Å². The number of anilines is 2. The minimum Gasteiger partial charge on any atom is -0.459 e. The number of amides is 1. The Morgan fingerprint density at radius 2 is 1.96 bits per heavy atom. The summed E-state index contributed by atoms with van der Waals surface area (Å²) in [5, 5.41) is 2.88. The molecule has 2 aromatic carbocycles. The number of fused-ring (bicyclic) bond motifs is 2. The zero-order valence-corrected chi connectivity index (χ0v) is 27.2. The molecular formula is C35H42ClN7O2. The number of piperazine rings is 1. The van der Waals surface area contributed by atoms with E-state index in [0.717, 1.165) is 64.0 Å². The molecule has 9 nitrogen and oxygen atoms in total. The SMILES string of the molecule is [C-]#[N+]C[C@H]1CN(c2nc(O[C@@H](C)CN(C)[C@H](C)C3CC3)nc3c2CCN(c2cccc4cccc(Cl)c24)C3)CCN1C(=O)C=C. The van der Waals surface area contributed by atoms with E-state index in [-0.39, 0.29) is 24.6 Å². The molecule has 10 heteroatoms. The summed E-state index contributed by atoms with van der Waals surface area (Å²) in [6.45, 7) is 19.6. The molecule has 6 rings (SSSR count). The van der Waals surface area contributed by atoms with Crippen molar-refractivity contribution in [1.29, 1.82) is 0 Å². The number of ether oxygens (including phenoxy) is 1. The van der Waals surface area contributed by atoms with Gasteiger partial charge in [0.25, 0.3) is 0 Å². The summed E-state index contributed by atoms with van der Waals surface area (Å²) in [6.07, 6.45) is 4.59. The quantitative estimate of drug-likeness (QED) is 0.218. The van der Waals surface area contributed by atoms with Crippen LogP contribution < -0.4 is 14.5 Å². The summed E-state index contributed by atoms with van der Waals surface area (Å²) in [6, 6.07) is 13.0. The van der Waals surface area contributed by atoms with Gasteiger partial charge in [-0.05, 0) is 69.7 Å². The van der Waals surface area contributed by atoms with Gasteiger partial charge in [0.1, 0.15) is 18.0 Å². The number of rotatable bonds is 10. The van der Waals surface area contributed by atoms with E-state index in [4.69, 9.17) is 32.9 Å². The molecule has 2 aliphatic heterocycles. The van der Waals surface area contributed by atoms with Crippen molar-refractivity contribution < 1.29 is 9.53 Å². The van der Waals surface area contributed by atoms with E-state index >= 15 is 0 Å². The zero-order valence-electron chi connectivity index (χ0n) is 26.5. The highest BCUT2D eigenvalue weighted by atomic mass is 35.5. The van der Waals surface area contributed by atoms with Crippen molar-refractivity contribution in [1.82, 2.24) is 19.8 Å². The maximum Gasteiger partial charge on any atom is 0.318 e. The van der Waals surface area contributed by atoms with Gasteiger partial charge >= 0.3 is 6.01 Å². The summed E-state index contributed by atoms with van der Waals surface area (Å²) in [5.74, 6) is 1.48. The van der Waals surface area contributed by atoms with Crippen LogP contribution in [0.15, 0.2) is 49.1 Å². The maximum absolute atomic E-state index is 12.6. The van der Waals surface area contributed by atoms with Crippen molar-refractivity contribution in [2.24, 2.45) is 5.92 Å². The summed E-state index contributed by atoms with van der Waals surface area (Å²) >= 11 is 6.72. The molecule has 0 N–H and O–H groups in total. The molecule has 3 heterocycles. The fourth-order valence-corrected chi connectivity index (χ4v) is 7.17. The molecule has 236 valence electrons. The Morgan fingerprint density at radius 3 is 2.69 bits per heavy atom. The third-order valence-corrected chi connectivity index (χ3v) is 9.90. The van der Waals surface area contributed by atoms with Gasteiger partial charge in [0.05, 0.1) is 17.3 Å². The summed E-state index contributed by atoms with van der Waals surface area (Å²) in [7, 11) is 2.16. The van der Waals surface area contributed by atoms with Crippen molar-refractivity contribution in [3.05, 3.63) is 76.8 Å². The number of nitrogens with zero attached hydrogens (tertiary/aromatic N) is 7. The van der Waals surface area contributed by atoms with Gasteiger partial charge in [0.2, 0.25) is 12.5 Å². The van der Waals surface area contributed by atoms with Crippen LogP contribution >= 0.6 is 11.6 Å². The normalized spacial score (nSPS) is 19.6. The third-order valence-electron chi connectivity index (χ3n) is 9.59. The van der Waals surface area contributed by atoms with Crippen LogP contribution in [0, 0.1) is 12.5 Å². The molecule has 1 amide bonds. The van der Waals surface area contributed by atoms with Crippen LogP contribution in [0.4, 0.5) is 11.5 Å². The van der Waals surface area contributed by atoms with E-state index in [0.29, 0.717) is 38.2 Å². The van der Waals surface area contributed by atoms with Crippen LogP contribution in [-0.2, 0) is 17.8 Å². The van der Waals surface area contributed by atoms with Crippen molar-refractivity contribution in [2.75, 3.05) is 56.1 Å². The summed E-state index contributed by atoms with van der Waals surface area (Å²) in [4.78, 5) is 35.0. The second-order valence-electron chi connectivity index (χ2n) is 12.7. The second-order valence-corrected chi connectivity index (χ2v) is 13.1. The van der Waals surface area contributed by atoms with Gasteiger partial charge in [-0.2, -0.15) is 9.97 Å². The first-order chi connectivity index (χ1) is 21.8. The maximum atomic E-state index is 12.6. The lowest BCUT2D eigenvalue weighted by atomic mass is 10.0. The van der Waals surface area contributed by atoms with Gasteiger partial charge in [0, 0.05) is 55.4 Å². The van der Waals surface area contributed by atoms with E-state index in [2.05, 4.69) is 71.3 Å². The predicted octanol–water partition coefficient (Wildman–Crippen LogP) is 5.47. The predicted molar refractivity (Wildman–Crippen MR) is 180 cm³/mol. The van der Waals surface area contributed by atoms with Crippen LogP contribution in [0.2, 0.25) is 5.02 Å². The first kappa shape index (κ1) is 31.1. The summed E-state index contributed by atoms with van der Waals surface area (Å²) in [5.41, 5.74) is 3.12. The van der Waals surface area contributed by atoms with Gasteiger partial charge in [-0.25, -0.2) is 6.57 Å². The molecule has 0 spiro atoms. The average molecular weight is 628 g/mol. The second kappa shape index (κ2) is 13.2. The van der Waals surface area contributed by atoms with Gasteiger partial charge in [-0.1, -0.05) is 42.4 Å². The molecule has 1 aliphatic carbocycles. The Bertz CT molecular complexity index is 1610. The molecule has 1 aromatic heterocycles. The highest BCUT2D eigenvalue weighted by molar-refractivity contribution is 6.36. The van der Waals surface area contributed by atoms with Crippen molar-refractivity contribution >= 4 is 39.8 Å². The van der Waals surface area contributed by atoms with E-state index < -0.39 is 0 Å². The van der Waals surface area contributed by atoms with Crippen LogP contribution in [0.3, 0.4) is 0 Å². The van der Waals surface area contributed by atoms with Crippen molar-refractivity contribution in [3.63, 3.8) is 0 Å². The lowest BCUT2D eigenvalue weighted by Crippen LogP contribution is -2.56. The van der Waals surface area contributed by atoms with Crippen molar-refractivity contribution in [3.8, 4) is 6.01 Å². The Labute approximate surface area is 271 Å². The molecule has 2 fully saturated rings. The summed E-state index contributed by atoms with van der Waals surface area (Å²) < 4.78 is 6.46. The number of likely N-dealkylation sites (N-methyl/N-ethyl adjacent to an activating group) is 1. The highest BCUT2D eigenvalue weighted by Gasteiger charge is 2.35. The van der Waals surface area contributed by atoms with Crippen LogP contribution in [0.5, 0.6) is 6.01 Å².